The summed E-state index contributed by atoms with van der Waals surface area (Å²) in [5.74, 6) is 0.949. The van der Waals surface area contributed by atoms with Gasteiger partial charge in [-0.1, -0.05) is 20.8 Å². The average Bonchev–Trinajstić information content (AvgIpc) is 2.98. The van der Waals surface area contributed by atoms with Crippen LogP contribution in [0.3, 0.4) is 0 Å². The van der Waals surface area contributed by atoms with E-state index in [0.29, 0.717) is 17.9 Å². The number of nitrogens with zero attached hydrogens (tertiary/aromatic N) is 1. The molecule has 2 heterocycles. The zero-order chi connectivity index (χ0) is 12.5. The number of likely N-dealkylation sites (tertiary alicyclic amines) is 1. The zero-order valence-electron chi connectivity index (χ0n) is 11.5. The first-order chi connectivity index (χ1) is 8.10. The molecule has 17 heavy (non-hydrogen) atoms. The van der Waals surface area contributed by atoms with Gasteiger partial charge in [-0.3, -0.25) is 4.79 Å². The molecule has 2 fully saturated rings. The summed E-state index contributed by atoms with van der Waals surface area (Å²) in [6.45, 7) is 8.56. The van der Waals surface area contributed by atoms with Gasteiger partial charge in [-0.25, -0.2) is 0 Å². The highest BCUT2D eigenvalue weighted by atomic mass is 16.2. The zero-order valence-corrected chi connectivity index (χ0v) is 11.5. The number of amides is 1. The largest absolute Gasteiger partial charge is 0.338 e. The number of carbonyl (C=O) groups excluding carboxylic acids is 1. The summed E-state index contributed by atoms with van der Waals surface area (Å²) in [5.41, 5.74) is -0.239. The third-order valence-electron chi connectivity index (χ3n) is 4.59. The van der Waals surface area contributed by atoms with Crippen molar-refractivity contribution >= 4 is 5.91 Å². The first-order valence-electron chi connectivity index (χ1n) is 7.17. The molecular weight excluding hydrogens is 212 g/mol. The second-order valence-electron chi connectivity index (χ2n) is 5.92. The van der Waals surface area contributed by atoms with Crippen molar-refractivity contribution < 1.29 is 4.79 Å². The summed E-state index contributed by atoms with van der Waals surface area (Å²) in [4.78, 5) is 14.9. The standard InChI is InChI=1S/C14H26N2O/c1-4-14(8-6-9-15-14)13(17)16-10-5-7-12(16)11(2)3/h11-12,15H,4-10H2,1-3H3. The Morgan fingerprint density at radius 1 is 1.47 bits per heavy atom. The Morgan fingerprint density at radius 3 is 2.76 bits per heavy atom. The normalized spacial score (nSPS) is 33.6. The van der Waals surface area contributed by atoms with E-state index in [1.807, 2.05) is 0 Å². The fourth-order valence-corrected chi connectivity index (χ4v) is 3.45. The quantitative estimate of drug-likeness (QED) is 0.817. The van der Waals surface area contributed by atoms with Crippen LogP contribution in [0.5, 0.6) is 0 Å². The Balaban J connectivity index is 2.13. The van der Waals surface area contributed by atoms with Crippen molar-refractivity contribution in [1.82, 2.24) is 10.2 Å². The van der Waals surface area contributed by atoms with E-state index in [9.17, 15) is 4.79 Å². The minimum Gasteiger partial charge on any atom is -0.338 e. The van der Waals surface area contributed by atoms with Gasteiger partial charge in [0.2, 0.25) is 5.91 Å². The van der Waals surface area contributed by atoms with Crippen LogP contribution in [0.25, 0.3) is 0 Å². The lowest BCUT2D eigenvalue weighted by atomic mass is 9.91. The van der Waals surface area contributed by atoms with Gasteiger partial charge in [-0.2, -0.15) is 0 Å². The molecule has 0 saturated carbocycles. The Morgan fingerprint density at radius 2 is 2.24 bits per heavy atom. The van der Waals surface area contributed by atoms with Crippen molar-refractivity contribution in [1.29, 1.82) is 0 Å². The molecule has 0 aromatic rings. The molecule has 2 unspecified atom stereocenters. The van der Waals surface area contributed by atoms with Crippen molar-refractivity contribution in [3.05, 3.63) is 0 Å². The monoisotopic (exact) mass is 238 g/mol. The second-order valence-corrected chi connectivity index (χ2v) is 5.92. The van der Waals surface area contributed by atoms with Gasteiger partial charge in [-0.05, 0) is 44.6 Å². The Bertz CT molecular complexity index is 282. The summed E-state index contributed by atoms with van der Waals surface area (Å²) in [5, 5.41) is 3.46. The number of hydrogen-bond acceptors (Lipinski definition) is 2. The van der Waals surface area contributed by atoms with Gasteiger partial charge < -0.3 is 10.2 Å². The van der Waals surface area contributed by atoms with E-state index in [1.165, 1.54) is 12.8 Å². The summed E-state index contributed by atoms with van der Waals surface area (Å²) in [6, 6.07) is 0.466. The number of rotatable bonds is 3. The molecule has 0 aromatic carbocycles. The van der Waals surface area contributed by atoms with Crippen molar-refractivity contribution in [2.45, 2.75) is 64.5 Å². The lowest BCUT2D eigenvalue weighted by Gasteiger charge is -2.36. The van der Waals surface area contributed by atoms with Crippen molar-refractivity contribution in [3.63, 3.8) is 0 Å². The van der Waals surface area contributed by atoms with Crippen molar-refractivity contribution in [2.75, 3.05) is 13.1 Å². The number of carbonyl (C=O) groups is 1. The molecule has 0 aromatic heterocycles. The lowest BCUT2D eigenvalue weighted by Crippen LogP contribution is -2.56. The summed E-state index contributed by atoms with van der Waals surface area (Å²) >= 11 is 0. The third-order valence-corrected chi connectivity index (χ3v) is 4.59. The molecule has 2 saturated heterocycles. The van der Waals surface area contributed by atoms with Gasteiger partial charge >= 0.3 is 0 Å². The van der Waals surface area contributed by atoms with Crippen LogP contribution < -0.4 is 5.32 Å². The summed E-state index contributed by atoms with van der Waals surface area (Å²) in [7, 11) is 0. The molecule has 1 N–H and O–H groups in total. The predicted octanol–water partition coefficient (Wildman–Crippen LogP) is 2.17. The van der Waals surface area contributed by atoms with Crippen LogP contribution in [0.2, 0.25) is 0 Å². The number of nitrogens with one attached hydrogen (secondary N) is 1. The summed E-state index contributed by atoms with van der Waals surface area (Å²) < 4.78 is 0. The van der Waals surface area contributed by atoms with Crippen LogP contribution in [0, 0.1) is 5.92 Å². The van der Waals surface area contributed by atoms with E-state index in [1.54, 1.807) is 0 Å². The van der Waals surface area contributed by atoms with E-state index < -0.39 is 0 Å². The molecule has 0 radical (unpaired) electrons. The van der Waals surface area contributed by atoms with Gasteiger partial charge in [-0.15, -0.1) is 0 Å². The molecule has 98 valence electrons. The lowest BCUT2D eigenvalue weighted by molar-refractivity contribution is -0.139. The molecule has 2 aliphatic rings. The first kappa shape index (κ1) is 12.9. The SMILES string of the molecule is CCC1(C(=O)N2CCCC2C(C)C)CCCN1. The van der Waals surface area contributed by atoms with E-state index in [-0.39, 0.29) is 5.54 Å². The fourth-order valence-electron chi connectivity index (χ4n) is 3.45. The molecule has 2 aliphatic heterocycles. The molecular formula is C14H26N2O. The maximum atomic E-state index is 12.8. The van der Waals surface area contributed by atoms with E-state index in [2.05, 4.69) is 31.0 Å². The van der Waals surface area contributed by atoms with Crippen molar-refractivity contribution in [3.8, 4) is 0 Å². The molecule has 3 nitrogen and oxygen atoms in total. The highest BCUT2D eigenvalue weighted by Crippen LogP contribution is 2.31. The Hall–Kier alpha value is -0.570. The molecule has 3 heteroatoms. The number of hydrogen-bond donors (Lipinski definition) is 1. The Kier molecular flexibility index (Phi) is 3.76. The first-order valence-corrected chi connectivity index (χ1v) is 7.17. The van der Waals surface area contributed by atoms with E-state index in [4.69, 9.17) is 0 Å². The van der Waals surface area contributed by atoms with Crippen LogP contribution in [0.1, 0.15) is 52.9 Å². The molecule has 2 atom stereocenters. The van der Waals surface area contributed by atoms with Crippen LogP contribution >= 0.6 is 0 Å². The van der Waals surface area contributed by atoms with Crippen LogP contribution in [0.15, 0.2) is 0 Å². The minimum atomic E-state index is -0.239. The van der Waals surface area contributed by atoms with Crippen LogP contribution in [-0.4, -0.2) is 35.5 Å². The van der Waals surface area contributed by atoms with Crippen LogP contribution in [0.4, 0.5) is 0 Å². The maximum absolute atomic E-state index is 12.8. The minimum absolute atomic E-state index is 0.239. The fraction of sp³-hybridized carbons (Fsp3) is 0.929. The molecule has 0 aliphatic carbocycles. The van der Waals surface area contributed by atoms with E-state index >= 15 is 0 Å². The Labute approximate surface area is 105 Å². The van der Waals surface area contributed by atoms with Crippen LogP contribution in [-0.2, 0) is 4.79 Å². The molecule has 1 amide bonds. The topological polar surface area (TPSA) is 32.3 Å². The third kappa shape index (κ3) is 2.22. The predicted molar refractivity (Wildman–Crippen MR) is 69.8 cm³/mol. The van der Waals surface area contributed by atoms with Gasteiger partial charge in [0.15, 0.2) is 0 Å². The highest BCUT2D eigenvalue weighted by Gasteiger charge is 2.44. The average molecular weight is 238 g/mol. The maximum Gasteiger partial charge on any atom is 0.243 e. The van der Waals surface area contributed by atoms with Gasteiger partial charge in [0, 0.05) is 12.6 Å². The van der Waals surface area contributed by atoms with Gasteiger partial charge in [0.25, 0.3) is 0 Å². The highest BCUT2D eigenvalue weighted by molar-refractivity contribution is 5.87. The second kappa shape index (κ2) is 4.97. The summed E-state index contributed by atoms with van der Waals surface area (Å²) in [6.07, 6.45) is 5.44. The van der Waals surface area contributed by atoms with Gasteiger partial charge in [0.05, 0.1) is 5.54 Å². The van der Waals surface area contributed by atoms with E-state index in [0.717, 1.165) is 32.4 Å². The molecule has 2 rings (SSSR count). The van der Waals surface area contributed by atoms with Crippen molar-refractivity contribution in [2.24, 2.45) is 5.92 Å². The van der Waals surface area contributed by atoms with Gasteiger partial charge in [0.1, 0.15) is 0 Å². The molecule has 0 spiro atoms. The molecule has 0 bridgehead atoms. The smallest absolute Gasteiger partial charge is 0.243 e.